The Hall–Kier alpha value is -1.91. The quantitative estimate of drug-likeness (QED) is 0.333. The summed E-state index contributed by atoms with van der Waals surface area (Å²) < 4.78 is 0. The summed E-state index contributed by atoms with van der Waals surface area (Å²) >= 11 is 0. The van der Waals surface area contributed by atoms with Crippen LogP contribution >= 0.6 is 0 Å². The Labute approximate surface area is 93.9 Å². The number of rotatable bonds is 5. The van der Waals surface area contributed by atoms with Gasteiger partial charge in [0.1, 0.15) is 6.61 Å². The molecule has 0 radical (unpaired) electrons. The maximum atomic E-state index is 10.8. The number of hydrogen-bond acceptors (Lipinski definition) is 4. The second-order valence-corrected chi connectivity index (χ2v) is 3.28. The third-order valence-electron chi connectivity index (χ3n) is 1.99. The van der Waals surface area contributed by atoms with Crippen LogP contribution in [0, 0.1) is 10.1 Å². The van der Waals surface area contributed by atoms with Crippen molar-refractivity contribution in [1.29, 1.82) is 0 Å². The summed E-state index contributed by atoms with van der Waals surface area (Å²) in [5, 5.41) is 14.6. The normalized spacial score (nSPS) is 11.2. The van der Waals surface area contributed by atoms with Crippen LogP contribution in [0.4, 0.5) is 5.69 Å². The molecule has 5 nitrogen and oxygen atoms in total. The molecule has 1 rings (SSSR count). The second kappa shape index (κ2) is 5.85. The summed E-state index contributed by atoms with van der Waals surface area (Å²) in [7, 11) is 0. The molecule has 16 heavy (non-hydrogen) atoms. The van der Waals surface area contributed by atoms with E-state index < -0.39 is 4.92 Å². The Morgan fingerprint density at radius 1 is 1.50 bits per heavy atom. The number of benzene rings is 1. The van der Waals surface area contributed by atoms with E-state index in [2.05, 4.69) is 5.16 Å². The van der Waals surface area contributed by atoms with Gasteiger partial charge in [-0.05, 0) is 19.4 Å². The maximum absolute atomic E-state index is 10.8. The fourth-order valence-electron chi connectivity index (χ4n) is 1.22. The molecule has 0 saturated heterocycles. The number of nitro groups is 1. The van der Waals surface area contributed by atoms with Crippen LogP contribution in [0.1, 0.15) is 25.8 Å². The van der Waals surface area contributed by atoms with Crippen LogP contribution in [0.15, 0.2) is 29.4 Å². The van der Waals surface area contributed by atoms with Gasteiger partial charge in [0.05, 0.1) is 16.2 Å². The summed E-state index contributed by atoms with van der Waals surface area (Å²) in [5.41, 5.74) is 1.05. The van der Waals surface area contributed by atoms with E-state index in [0.29, 0.717) is 17.9 Å². The van der Waals surface area contributed by atoms with Crippen LogP contribution in [0.25, 0.3) is 0 Å². The first-order valence-corrected chi connectivity index (χ1v) is 5.07. The van der Waals surface area contributed by atoms with Crippen molar-refractivity contribution in [3.8, 4) is 0 Å². The molecule has 1 aromatic carbocycles. The highest BCUT2D eigenvalue weighted by Crippen LogP contribution is 2.18. The van der Waals surface area contributed by atoms with Gasteiger partial charge in [0.2, 0.25) is 0 Å². The molecule has 0 aliphatic carbocycles. The summed E-state index contributed by atoms with van der Waals surface area (Å²) in [6.45, 7) is 4.17. The Balaban J connectivity index is 2.94. The molecule has 0 atom stereocenters. The predicted molar refractivity (Wildman–Crippen MR) is 61.6 cm³/mol. The molecule has 1 aromatic rings. The second-order valence-electron chi connectivity index (χ2n) is 3.28. The largest absolute Gasteiger partial charge is 0.396 e. The molecule has 0 bridgehead atoms. The van der Waals surface area contributed by atoms with Crippen molar-refractivity contribution >= 4 is 11.4 Å². The molecule has 0 N–H and O–H groups in total. The van der Waals surface area contributed by atoms with Crippen molar-refractivity contribution < 1.29 is 9.76 Å². The number of oxime groups is 1. The van der Waals surface area contributed by atoms with Crippen LogP contribution in [-0.2, 0) is 4.84 Å². The standard InChI is InChI=1S/C11H14N2O3/c1-3-8-16-12-9(2)10-6-4-5-7-11(10)13(14)15/h4-7H,3,8H2,1-2H3/b12-9+. The molecule has 0 fully saturated rings. The highest BCUT2D eigenvalue weighted by molar-refractivity contribution is 6.01. The minimum atomic E-state index is -0.422. The first-order valence-electron chi connectivity index (χ1n) is 5.07. The van der Waals surface area contributed by atoms with E-state index in [-0.39, 0.29) is 5.69 Å². The van der Waals surface area contributed by atoms with Gasteiger partial charge >= 0.3 is 0 Å². The zero-order chi connectivity index (χ0) is 12.0. The van der Waals surface area contributed by atoms with E-state index in [9.17, 15) is 10.1 Å². The van der Waals surface area contributed by atoms with Gasteiger partial charge in [-0.1, -0.05) is 24.2 Å². The lowest BCUT2D eigenvalue weighted by molar-refractivity contribution is -0.385. The molecule has 0 amide bonds. The van der Waals surface area contributed by atoms with E-state index in [0.717, 1.165) is 6.42 Å². The monoisotopic (exact) mass is 222 g/mol. The van der Waals surface area contributed by atoms with E-state index in [4.69, 9.17) is 4.84 Å². The van der Waals surface area contributed by atoms with Crippen LogP contribution in [0.3, 0.4) is 0 Å². The van der Waals surface area contributed by atoms with Crippen LogP contribution in [0.5, 0.6) is 0 Å². The van der Waals surface area contributed by atoms with Crippen LogP contribution in [-0.4, -0.2) is 17.2 Å². The summed E-state index contributed by atoms with van der Waals surface area (Å²) in [4.78, 5) is 15.3. The molecule has 86 valence electrons. The fraction of sp³-hybridized carbons (Fsp3) is 0.364. The number of nitro benzene ring substituents is 1. The smallest absolute Gasteiger partial charge is 0.278 e. The molecule has 0 aliphatic heterocycles. The molecule has 5 heteroatoms. The number of nitrogens with zero attached hydrogens (tertiary/aromatic N) is 2. The number of hydrogen-bond donors (Lipinski definition) is 0. The lowest BCUT2D eigenvalue weighted by Gasteiger charge is -2.02. The molecule has 0 aromatic heterocycles. The van der Waals surface area contributed by atoms with Gasteiger partial charge in [0, 0.05) is 6.07 Å². The van der Waals surface area contributed by atoms with Crippen LogP contribution in [0.2, 0.25) is 0 Å². The zero-order valence-corrected chi connectivity index (χ0v) is 9.34. The molecule has 0 saturated carbocycles. The molecular weight excluding hydrogens is 208 g/mol. The highest BCUT2D eigenvalue weighted by atomic mass is 16.6. The van der Waals surface area contributed by atoms with Gasteiger partial charge in [0.25, 0.3) is 5.69 Å². The number of para-hydroxylation sites is 1. The summed E-state index contributed by atoms with van der Waals surface area (Å²) in [5.74, 6) is 0. The average Bonchev–Trinajstić information content (AvgIpc) is 2.29. The van der Waals surface area contributed by atoms with E-state index in [1.165, 1.54) is 6.07 Å². The van der Waals surface area contributed by atoms with Crippen molar-refractivity contribution in [2.24, 2.45) is 5.16 Å². The lowest BCUT2D eigenvalue weighted by atomic mass is 10.1. The minimum absolute atomic E-state index is 0.0452. The van der Waals surface area contributed by atoms with Crippen molar-refractivity contribution in [2.45, 2.75) is 20.3 Å². The molecule has 0 aliphatic rings. The molecule has 0 heterocycles. The first kappa shape index (κ1) is 12.2. The van der Waals surface area contributed by atoms with Crippen molar-refractivity contribution in [3.63, 3.8) is 0 Å². The minimum Gasteiger partial charge on any atom is -0.396 e. The Kier molecular flexibility index (Phi) is 4.44. The third-order valence-corrected chi connectivity index (χ3v) is 1.99. The van der Waals surface area contributed by atoms with Gasteiger partial charge in [0.15, 0.2) is 0 Å². The summed E-state index contributed by atoms with van der Waals surface area (Å²) in [6, 6.07) is 6.48. The topological polar surface area (TPSA) is 64.7 Å². The fourth-order valence-corrected chi connectivity index (χ4v) is 1.22. The Morgan fingerprint density at radius 2 is 2.19 bits per heavy atom. The molecule has 0 spiro atoms. The average molecular weight is 222 g/mol. The van der Waals surface area contributed by atoms with Gasteiger partial charge in [-0.2, -0.15) is 0 Å². The predicted octanol–water partition coefficient (Wildman–Crippen LogP) is 2.75. The van der Waals surface area contributed by atoms with Gasteiger partial charge < -0.3 is 4.84 Å². The van der Waals surface area contributed by atoms with E-state index >= 15 is 0 Å². The highest BCUT2D eigenvalue weighted by Gasteiger charge is 2.14. The van der Waals surface area contributed by atoms with Crippen molar-refractivity contribution in [2.75, 3.05) is 6.61 Å². The zero-order valence-electron chi connectivity index (χ0n) is 9.34. The maximum Gasteiger partial charge on any atom is 0.278 e. The Bertz CT molecular complexity index is 402. The lowest BCUT2D eigenvalue weighted by Crippen LogP contribution is -2.02. The summed E-state index contributed by atoms with van der Waals surface area (Å²) in [6.07, 6.45) is 0.855. The molecular formula is C11H14N2O3. The van der Waals surface area contributed by atoms with Crippen molar-refractivity contribution in [3.05, 3.63) is 39.9 Å². The van der Waals surface area contributed by atoms with E-state index in [1.54, 1.807) is 25.1 Å². The van der Waals surface area contributed by atoms with Crippen LogP contribution < -0.4 is 0 Å². The third kappa shape index (κ3) is 3.05. The van der Waals surface area contributed by atoms with Gasteiger partial charge in [-0.15, -0.1) is 0 Å². The Morgan fingerprint density at radius 3 is 2.81 bits per heavy atom. The SMILES string of the molecule is CCCO/N=C(\C)c1ccccc1[N+](=O)[O-]. The van der Waals surface area contributed by atoms with Gasteiger partial charge in [-0.25, -0.2) is 0 Å². The first-order chi connectivity index (χ1) is 7.66. The van der Waals surface area contributed by atoms with E-state index in [1.807, 2.05) is 6.92 Å². The molecule has 0 unspecified atom stereocenters. The van der Waals surface area contributed by atoms with Gasteiger partial charge in [-0.3, -0.25) is 10.1 Å². The van der Waals surface area contributed by atoms with Crippen molar-refractivity contribution in [1.82, 2.24) is 0 Å².